The molecule has 1 N–H and O–H groups in total. The molecule has 9 nitrogen and oxygen atoms in total. The Balaban J connectivity index is 1.09. The second kappa shape index (κ2) is 10.4. The Morgan fingerprint density at radius 1 is 1.00 bits per heavy atom. The van der Waals surface area contributed by atoms with Crippen LogP contribution in [-0.4, -0.2) is 74.1 Å². The molecule has 0 aromatic carbocycles. The molecule has 10 heteroatoms. The molecule has 0 radical (unpaired) electrons. The maximum absolute atomic E-state index is 6.32. The minimum absolute atomic E-state index is 0.245. The number of anilines is 2. The molecular formula is C26H34N8OS. The number of aryl methyl sites for hydroxylation is 1. The van der Waals surface area contributed by atoms with Gasteiger partial charge in [-0.05, 0) is 57.6 Å². The average molecular weight is 507 g/mol. The van der Waals surface area contributed by atoms with Crippen molar-refractivity contribution in [3.63, 3.8) is 0 Å². The number of likely N-dealkylation sites (N-methyl/N-ethyl adjacent to an activating group) is 1. The first-order chi connectivity index (χ1) is 17.6. The third kappa shape index (κ3) is 5.50. The molecular weight excluding hydrogens is 472 g/mol. The maximum atomic E-state index is 6.32. The summed E-state index contributed by atoms with van der Waals surface area (Å²) in [6.45, 7) is 7.15. The normalized spacial score (nSPS) is 24.7. The summed E-state index contributed by atoms with van der Waals surface area (Å²) in [5.41, 5.74) is 2.73. The summed E-state index contributed by atoms with van der Waals surface area (Å²) in [4.78, 5) is 28.8. The third-order valence-corrected chi connectivity index (χ3v) is 8.67. The van der Waals surface area contributed by atoms with Crippen molar-refractivity contribution >= 4 is 22.3 Å². The molecule has 3 aromatic heterocycles. The fourth-order valence-electron chi connectivity index (χ4n) is 5.66. The van der Waals surface area contributed by atoms with E-state index < -0.39 is 0 Å². The van der Waals surface area contributed by atoms with Crippen LogP contribution in [0, 0.1) is 18.8 Å². The van der Waals surface area contributed by atoms with Gasteiger partial charge in [0.15, 0.2) is 10.9 Å². The van der Waals surface area contributed by atoms with E-state index >= 15 is 0 Å². The van der Waals surface area contributed by atoms with Crippen LogP contribution in [0.1, 0.15) is 43.5 Å². The Labute approximate surface area is 216 Å². The molecule has 2 aliphatic carbocycles. The molecule has 3 aromatic rings. The van der Waals surface area contributed by atoms with Crippen LogP contribution in [0.3, 0.4) is 0 Å². The third-order valence-electron chi connectivity index (χ3n) is 7.74. The van der Waals surface area contributed by atoms with Crippen LogP contribution in [0.2, 0.25) is 0 Å². The molecule has 1 aliphatic heterocycles. The summed E-state index contributed by atoms with van der Waals surface area (Å²) in [6.07, 6.45) is 12.0. The van der Waals surface area contributed by atoms with Crippen molar-refractivity contribution in [1.82, 2.24) is 34.7 Å². The molecule has 3 atom stereocenters. The van der Waals surface area contributed by atoms with E-state index in [1.54, 1.807) is 17.5 Å². The lowest BCUT2D eigenvalue weighted by atomic mass is 9.87. The van der Waals surface area contributed by atoms with Gasteiger partial charge in [-0.15, -0.1) is 0 Å². The number of rotatable bonds is 7. The SMILES string of the molecule is Cc1cc(-c2cnc(Nc3cnc(CN4CCN(C)CC4)cn3)s2)nc(O[C@@H]2CCC3CCC2C3)n1. The van der Waals surface area contributed by atoms with Gasteiger partial charge in [0.2, 0.25) is 0 Å². The highest BCUT2D eigenvalue weighted by molar-refractivity contribution is 7.18. The number of nitrogens with zero attached hydrogens (tertiary/aromatic N) is 7. The Morgan fingerprint density at radius 2 is 1.86 bits per heavy atom. The Morgan fingerprint density at radius 3 is 2.69 bits per heavy atom. The Kier molecular flexibility index (Phi) is 6.81. The number of thiazole rings is 1. The number of nitrogens with one attached hydrogen (secondary N) is 1. The van der Waals surface area contributed by atoms with Crippen LogP contribution in [0.5, 0.6) is 6.01 Å². The number of fused-ring (bicyclic) bond motifs is 2. The van der Waals surface area contributed by atoms with E-state index in [2.05, 4.69) is 42.1 Å². The van der Waals surface area contributed by atoms with Gasteiger partial charge in [0, 0.05) is 44.6 Å². The Hall–Kier alpha value is -2.69. The average Bonchev–Trinajstić information content (AvgIpc) is 3.50. The first-order valence-corrected chi connectivity index (χ1v) is 13.9. The molecule has 0 spiro atoms. The highest BCUT2D eigenvalue weighted by Gasteiger charge is 2.37. The maximum Gasteiger partial charge on any atom is 0.317 e. The van der Waals surface area contributed by atoms with E-state index in [9.17, 15) is 0 Å². The molecule has 190 valence electrons. The van der Waals surface area contributed by atoms with Crippen molar-refractivity contribution in [2.24, 2.45) is 11.8 Å². The quantitative estimate of drug-likeness (QED) is 0.507. The van der Waals surface area contributed by atoms with Gasteiger partial charge in [0.1, 0.15) is 6.10 Å². The number of aromatic nitrogens is 5. The fraction of sp³-hybridized carbons (Fsp3) is 0.577. The lowest BCUT2D eigenvalue weighted by Crippen LogP contribution is -2.44. The minimum Gasteiger partial charge on any atom is -0.460 e. The van der Waals surface area contributed by atoms with Gasteiger partial charge in [-0.3, -0.25) is 9.88 Å². The van der Waals surface area contributed by atoms with Crippen LogP contribution in [0.4, 0.5) is 10.9 Å². The monoisotopic (exact) mass is 506 g/mol. The number of ether oxygens (including phenoxy) is 1. The van der Waals surface area contributed by atoms with Gasteiger partial charge in [0.25, 0.3) is 0 Å². The summed E-state index contributed by atoms with van der Waals surface area (Å²) in [5.74, 6) is 2.25. The van der Waals surface area contributed by atoms with E-state index in [4.69, 9.17) is 9.72 Å². The van der Waals surface area contributed by atoms with E-state index in [0.29, 0.717) is 17.7 Å². The lowest BCUT2D eigenvalue weighted by molar-refractivity contribution is 0.0898. The van der Waals surface area contributed by atoms with Gasteiger partial charge in [-0.1, -0.05) is 17.8 Å². The van der Waals surface area contributed by atoms with Gasteiger partial charge in [0.05, 0.1) is 28.7 Å². The molecule has 2 unspecified atom stereocenters. The second-order valence-electron chi connectivity index (χ2n) is 10.5. The van der Waals surface area contributed by atoms with Gasteiger partial charge >= 0.3 is 6.01 Å². The van der Waals surface area contributed by atoms with Crippen LogP contribution in [0.25, 0.3) is 10.6 Å². The van der Waals surface area contributed by atoms with Crippen molar-refractivity contribution in [3.8, 4) is 16.6 Å². The predicted molar refractivity (Wildman–Crippen MR) is 140 cm³/mol. The molecule has 1 saturated heterocycles. The number of hydrogen-bond acceptors (Lipinski definition) is 10. The molecule has 6 rings (SSSR count). The van der Waals surface area contributed by atoms with Crippen molar-refractivity contribution < 1.29 is 4.74 Å². The van der Waals surface area contributed by atoms with Gasteiger partial charge < -0.3 is 15.0 Å². The number of piperazine rings is 1. The zero-order valence-corrected chi connectivity index (χ0v) is 21.9. The molecule has 2 saturated carbocycles. The highest BCUT2D eigenvalue weighted by Crippen LogP contribution is 2.43. The van der Waals surface area contributed by atoms with Crippen LogP contribution >= 0.6 is 11.3 Å². The van der Waals surface area contributed by atoms with Gasteiger partial charge in [-0.25, -0.2) is 15.0 Å². The smallest absolute Gasteiger partial charge is 0.317 e. The summed E-state index contributed by atoms with van der Waals surface area (Å²) < 4.78 is 6.32. The van der Waals surface area contributed by atoms with Gasteiger partial charge in [-0.2, -0.15) is 4.98 Å². The van der Waals surface area contributed by atoms with Crippen molar-refractivity contribution in [2.45, 2.75) is 51.7 Å². The molecule has 0 amide bonds. The first-order valence-electron chi connectivity index (χ1n) is 13.0. The zero-order valence-electron chi connectivity index (χ0n) is 21.1. The first kappa shape index (κ1) is 23.7. The molecule has 36 heavy (non-hydrogen) atoms. The molecule has 4 heterocycles. The summed E-state index contributed by atoms with van der Waals surface area (Å²) in [7, 11) is 2.17. The summed E-state index contributed by atoms with van der Waals surface area (Å²) in [6, 6.07) is 2.48. The van der Waals surface area contributed by atoms with E-state index in [1.165, 1.54) is 25.7 Å². The predicted octanol–water partition coefficient (Wildman–Crippen LogP) is 4.15. The summed E-state index contributed by atoms with van der Waals surface area (Å²) in [5, 5.41) is 4.04. The van der Waals surface area contributed by atoms with Crippen LogP contribution in [0.15, 0.2) is 24.7 Å². The highest BCUT2D eigenvalue weighted by atomic mass is 32.1. The Bertz CT molecular complexity index is 1180. The minimum atomic E-state index is 0.245. The van der Waals surface area contributed by atoms with E-state index in [1.807, 2.05) is 25.4 Å². The molecule has 3 fully saturated rings. The van der Waals surface area contributed by atoms with Crippen molar-refractivity contribution in [2.75, 3.05) is 38.5 Å². The molecule has 2 bridgehead atoms. The lowest BCUT2D eigenvalue weighted by Gasteiger charge is -2.31. The van der Waals surface area contributed by atoms with Crippen molar-refractivity contribution in [1.29, 1.82) is 0 Å². The standard InChI is InChI=1S/C26H34N8OS/c1-17-11-21(31-25(30-17)35-22-6-4-18-3-5-19(22)12-18)23-14-29-26(36-23)32-24-15-27-20(13-28-24)16-34-9-7-33(2)8-10-34/h11,13-15,18-19,22H,3-10,12,16H2,1-2H3,(H,28,29,32)/t18?,19?,22-/m1/s1. The van der Waals surface area contributed by atoms with Crippen LogP contribution < -0.4 is 10.1 Å². The van der Waals surface area contributed by atoms with E-state index in [-0.39, 0.29) is 6.10 Å². The molecule has 3 aliphatic rings. The number of hydrogen-bond donors (Lipinski definition) is 1. The van der Waals surface area contributed by atoms with Crippen molar-refractivity contribution in [3.05, 3.63) is 36.0 Å². The van der Waals surface area contributed by atoms with E-state index in [0.717, 1.165) is 72.2 Å². The fourth-order valence-corrected chi connectivity index (χ4v) is 6.44. The zero-order chi connectivity index (χ0) is 24.5. The topological polar surface area (TPSA) is 92.2 Å². The summed E-state index contributed by atoms with van der Waals surface area (Å²) >= 11 is 1.54. The largest absolute Gasteiger partial charge is 0.460 e. The van der Waals surface area contributed by atoms with Crippen LogP contribution in [-0.2, 0) is 6.54 Å². The second-order valence-corrected chi connectivity index (χ2v) is 11.5.